The number of rotatable bonds is 3. The second-order valence-electron chi connectivity index (χ2n) is 6.04. The Bertz CT molecular complexity index is 990. The van der Waals surface area contributed by atoms with Crippen molar-refractivity contribution in [3.63, 3.8) is 0 Å². The van der Waals surface area contributed by atoms with Gasteiger partial charge < -0.3 is 4.42 Å². The fraction of sp³-hybridized carbons (Fsp3) is 0.143. The molecule has 2 aromatic heterocycles. The second-order valence-corrected chi connectivity index (χ2v) is 6.89. The van der Waals surface area contributed by atoms with Crippen molar-refractivity contribution in [2.45, 2.75) is 12.8 Å². The van der Waals surface area contributed by atoms with Gasteiger partial charge in [-0.05, 0) is 67.0 Å². The number of halogens is 2. The van der Waals surface area contributed by atoms with Gasteiger partial charge in [0.25, 0.3) is 0 Å². The molecule has 0 N–H and O–H groups in total. The predicted octanol–water partition coefficient (Wildman–Crippen LogP) is 6.31. The van der Waals surface area contributed by atoms with Crippen LogP contribution >= 0.6 is 23.2 Å². The molecule has 0 fully saturated rings. The number of allylic oxidation sites excluding steroid dienone is 1. The van der Waals surface area contributed by atoms with Crippen molar-refractivity contribution in [1.29, 1.82) is 0 Å². The highest BCUT2D eigenvalue weighted by molar-refractivity contribution is 6.36. The molecule has 26 heavy (non-hydrogen) atoms. The fourth-order valence-electron chi connectivity index (χ4n) is 3.01. The maximum Gasteiger partial charge on any atom is 0.136 e. The number of hydrogen-bond donors (Lipinski definition) is 0. The van der Waals surface area contributed by atoms with E-state index < -0.39 is 0 Å². The van der Waals surface area contributed by atoms with Crippen LogP contribution in [-0.4, -0.2) is 17.2 Å². The summed E-state index contributed by atoms with van der Waals surface area (Å²) in [5.74, 6) is 1.48. The Balaban J connectivity index is 1.67. The Morgan fingerprint density at radius 1 is 1.04 bits per heavy atom. The van der Waals surface area contributed by atoms with Gasteiger partial charge in [0.2, 0.25) is 0 Å². The zero-order valence-electron chi connectivity index (χ0n) is 14.0. The third kappa shape index (κ3) is 3.59. The van der Waals surface area contributed by atoms with E-state index in [-0.39, 0.29) is 0 Å². The standard InChI is InChI=1S/C21H16Cl2N2O/c22-15-6-8-17(18(23)13-15)20-9-7-16(26-20)12-14-4-3-11-25-21(14)19-5-1-2-10-24-19/h1-2,5-10,12-13H,3-4,11H2/b14-12-. The van der Waals surface area contributed by atoms with Crippen molar-refractivity contribution in [2.24, 2.45) is 4.99 Å². The lowest BCUT2D eigenvalue weighted by molar-refractivity contribution is 0.571. The monoisotopic (exact) mass is 382 g/mol. The Morgan fingerprint density at radius 2 is 1.96 bits per heavy atom. The molecular weight excluding hydrogens is 367 g/mol. The van der Waals surface area contributed by atoms with Crippen LogP contribution in [0.25, 0.3) is 17.4 Å². The molecule has 0 amide bonds. The maximum atomic E-state index is 6.28. The molecule has 0 radical (unpaired) electrons. The first-order valence-corrected chi connectivity index (χ1v) is 9.18. The van der Waals surface area contributed by atoms with E-state index in [0.717, 1.165) is 47.7 Å². The van der Waals surface area contributed by atoms with E-state index in [2.05, 4.69) is 9.98 Å². The van der Waals surface area contributed by atoms with Gasteiger partial charge in [0, 0.05) is 23.3 Å². The Morgan fingerprint density at radius 3 is 2.77 bits per heavy atom. The highest BCUT2D eigenvalue weighted by Gasteiger charge is 2.16. The van der Waals surface area contributed by atoms with Crippen LogP contribution in [0.1, 0.15) is 24.3 Å². The molecule has 0 saturated heterocycles. The predicted molar refractivity (Wildman–Crippen MR) is 107 cm³/mol. The summed E-state index contributed by atoms with van der Waals surface area (Å²) in [6.45, 7) is 0.826. The molecule has 0 atom stereocenters. The Hall–Kier alpha value is -2.36. The van der Waals surface area contributed by atoms with Crippen LogP contribution in [0.2, 0.25) is 10.0 Å². The summed E-state index contributed by atoms with van der Waals surface area (Å²) in [4.78, 5) is 9.11. The molecule has 0 spiro atoms. The topological polar surface area (TPSA) is 38.4 Å². The van der Waals surface area contributed by atoms with E-state index in [9.17, 15) is 0 Å². The van der Waals surface area contributed by atoms with Gasteiger partial charge in [-0.15, -0.1) is 0 Å². The summed E-state index contributed by atoms with van der Waals surface area (Å²) >= 11 is 12.3. The molecule has 130 valence electrons. The van der Waals surface area contributed by atoms with Gasteiger partial charge >= 0.3 is 0 Å². The molecule has 1 aromatic carbocycles. The van der Waals surface area contributed by atoms with Crippen molar-refractivity contribution < 1.29 is 4.42 Å². The van der Waals surface area contributed by atoms with E-state index in [0.29, 0.717) is 15.8 Å². The third-order valence-corrected chi connectivity index (χ3v) is 4.77. The van der Waals surface area contributed by atoms with Crippen molar-refractivity contribution in [3.8, 4) is 11.3 Å². The van der Waals surface area contributed by atoms with Crippen LogP contribution in [0, 0.1) is 0 Å². The molecule has 1 aliphatic rings. The summed E-state index contributed by atoms with van der Waals surface area (Å²) in [6, 6.07) is 15.1. The molecule has 4 rings (SSSR count). The minimum absolute atomic E-state index is 0.569. The van der Waals surface area contributed by atoms with Gasteiger partial charge in [-0.1, -0.05) is 29.3 Å². The fourth-order valence-corrected chi connectivity index (χ4v) is 3.51. The summed E-state index contributed by atoms with van der Waals surface area (Å²) in [6.07, 6.45) is 5.81. The summed E-state index contributed by atoms with van der Waals surface area (Å²) in [7, 11) is 0. The number of benzene rings is 1. The first-order chi connectivity index (χ1) is 12.7. The van der Waals surface area contributed by atoms with Crippen molar-refractivity contribution in [2.75, 3.05) is 6.54 Å². The van der Waals surface area contributed by atoms with Gasteiger partial charge in [0.15, 0.2) is 0 Å². The average Bonchev–Trinajstić information content (AvgIpc) is 3.11. The van der Waals surface area contributed by atoms with Crippen molar-refractivity contribution >= 4 is 35.0 Å². The maximum absolute atomic E-state index is 6.28. The number of aliphatic imine (C=N–C) groups is 1. The lowest BCUT2D eigenvalue weighted by Gasteiger charge is -2.15. The van der Waals surface area contributed by atoms with Crippen LogP contribution < -0.4 is 0 Å². The summed E-state index contributed by atoms with van der Waals surface area (Å²) in [5, 5.41) is 1.17. The largest absolute Gasteiger partial charge is 0.457 e. The first kappa shape index (κ1) is 17.1. The number of nitrogens with zero attached hydrogens (tertiary/aromatic N) is 2. The zero-order chi connectivity index (χ0) is 17.9. The minimum atomic E-state index is 0.569. The van der Waals surface area contributed by atoms with Gasteiger partial charge in [0.05, 0.1) is 16.4 Å². The molecule has 0 aliphatic carbocycles. The van der Waals surface area contributed by atoms with Crippen molar-refractivity contribution in [1.82, 2.24) is 4.98 Å². The molecule has 3 aromatic rings. The molecular formula is C21H16Cl2N2O. The SMILES string of the molecule is Clc1ccc(-c2ccc(/C=C3/CCCN=C3c3ccccn3)o2)c(Cl)c1. The van der Waals surface area contributed by atoms with E-state index >= 15 is 0 Å². The van der Waals surface area contributed by atoms with Crippen LogP contribution in [0.3, 0.4) is 0 Å². The summed E-state index contributed by atoms with van der Waals surface area (Å²) in [5.41, 5.74) is 3.80. The zero-order valence-corrected chi connectivity index (χ0v) is 15.5. The first-order valence-electron chi connectivity index (χ1n) is 8.43. The highest BCUT2D eigenvalue weighted by Crippen LogP contribution is 2.32. The lowest BCUT2D eigenvalue weighted by Crippen LogP contribution is -2.12. The molecule has 0 bridgehead atoms. The van der Waals surface area contributed by atoms with E-state index in [1.54, 1.807) is 18.3 Å². The quantitative estimate of drug-likeness (QED) is 0.531. The smallest absolute Gasteiger partial charge is 0.136 e. The minimum Gasteiger partial charge on any atom is -0.457 e. The number of pyridine rings is 1. The number of furan rings is 1. The Labute approximate surface area is 162 Å². The molecule has 0 unspecified atom stereocenters. The van der Waals surface area contributed by atoms with Crippen LogP contribution in [0.5, 0.6) is 0 Å². The molecule has 3 nitrogen and oxygen atoms in total. The average molecular weight is 383 g/mol. The van der Waals surface area contributed by atoms with Crippen LogP contribution in [-0.2, 0) is 0 Å². The van der Waals surface area contributed by atoms with Gasteiger partial charge in [-0.25, -0.2) is 0 Å². The highest BCUT2D eigenvalue weighted by atomic mass is 35.5. The van der Waals surface area contributed by atoms with Crippen molar-refractivity contribution in [3.05, 3.63) is 81.8 Å². The van der Waals surface area contributed by atoms with Gasteiger partial charge in [0.1, 0.15) is 11.5 Å². The molecule has 5 heteroatoms. The van der Waals surface area contributed by atoms with E-state index in [1.165, 1.54) is 0 Å². The number of hydrogen-bond acceptors (Lipinski definition) is 3. The normalized spacial score (nSPS) is 15.9. The van der Waals surface area contributed by atoms with Crippen LogP contribution in [0.15, 0.2) is 69.7 Å². The second kappa shape index (κ2) is 7.48. The Kier molecular flexibility index (Phi) is 4.91. The summed E-state index contributed by atoms with van der Waals surface area (Å²) < 4.78 is 6.00. The van der Waals surface area contributed by atoms with Crippen LogP contribution in [0.4, 0.5) is 0 Å². The van der Waals surface area contributed by atoms with E-state index in [4.69, 9.17) is 27.6 Å². The number of aromatic nitrogens is 1. The molecule has 1 aliphatic heterocycles. The molecule has 3 heterocycles. The van der Waals surface area contributed by atoms with E-state index in [1.807, 2.05) is 42.5 Å². The lowest BCUT2D eigenvalue weighted by atomic mass is 9.98. The third-order valence-electron chi connectivity index (χ3n) is 4.23. The van der Waals surface area contributed by atoms with Gasteiger partial charge in [-0.3, -0.25) is 9.98 Å². The molecule has 0 saturated carbocycles. The van der Waals surface area contributed by atoms with Gasteiger partial charge in [-0.2, -0.15) is 0 Å².